The van der Waals surface area contributed by atoms with E-state index in [4.69, 9.17) is 11.6 Å². The molecule has 120 valence electrons. The summed E-state index contributed by atoms with van der Waals surface area (Å²) in [5.41, 5.74) is -0.731. The summed E-state index contributed by atoms with van der Waals surface area (Å²) in [5.74, 6) is 3.22. The highest BCUT2D eigenvalue weighted by molar-refractivity contribution is 8.07. The number of likely N-dealkylation sites (tertiary alicyclic amines) is 1. The maximum atomic E-state index is 15.2. The molecule has 0 spiro atoms. The summed E-state index contributed by atoms with van der Waals surface area (Å²) in [5, 5.41) is 0.612. The van der Waals surface area contributed by atoms with Crippen LogP contribution in [0.1, 0.15) is 18.4 Å². The van der Waals surface area contributed by atoms with Crippen LogP contribution in [0.5, 0.6) is 0 Å². The number of carbonyl (C=O) groups is 1. The highest BCUT2D eigenvalue weighted by Crippen LogP contribution is 2.38. The standard InChI is InChI=1S/C16H19ClFNOS2/c17-13-3-1-2-12(10-13)16(18)4-6-19(7-5-16)15(20)14-11-21-8-9-22-14/h1-3,10,14H,4-9,11H2/t14-/m0/s1. The van der Waals surface area contributed by atoms with Crippen LogP contribution in [-0.4, -0.2) is 46.4 Å². The maximum Gasteiger partial charge on any atom is 0.236 e. The summed E-state index contributed by atoms with van der Waals surface area (Å²) in [7, 11) is 0. The van der Waals surface area contributed by atoms with Crippen LogP contribution in [0, 0.1) is 0 Å². The molecule has 1 aromatic rings. The third-order valence-corrected chi connectivity index (χ3v) is 7.28. The second kappa shape index (κ2) is 7.02. The molecule has 0 radical (unpaired) electrons. The molecule has 1 atom stereocenters. The van der Waals surface area contributed by atoms with Crippen LogP contribution >= 0.6 is 35.1 Å². The van der Waals surface area contributed by atoms with Crippen LogP contribution in [0.2, 0.25) is 5.02 Å². The molecule has 0 unspecified atom stereocenters. The number of hydrogen-bond donors (Lipinski definition) is 0. The van der Waals surface area contributed by atoms with Gasteiger partial charge in [-0.2, -0.15) is 11.8 Å². The van der Waals surface area contributed by atoms with Crippen molar-refractivity contribution in [3.63, 3.8) is 0 Å². The second-order valence-electron chi connectivity index (χ2n) is 5.74. The lowest BCUT2D eigenvalue weighted by atomic mass is 9.86. The topological polar surface area (TPSA) is 20.3 Å². The van der Waals surface area contributed by atoms with E-state index in [0.717, 1.165) is 17.3 Å². The maximum absolute atomic E-state index is 15.2. The number of alkyl halides is 1. The van der Waals surface area contributed by atoms with Gasteiger partial charge in [0.1, 0.15) is 5.67 Å². The number of piperidine rings is 1. The first-order chi connectivity index (χ1) is 10.6. The van der Waals surface area contributed by atoms with Crippen molar-refractivity contribution in [1.82, 2.24) is 4.90 Å². The van der Waals surface area contributed by atoms with Gasteiger partial charge in [-0.15, -0.1) is 11.8 Å². The first-order valence-corrected chi connectivity index (χ1v) is 10.1. The van der Waals surface area contributed by atoms with Gasteiger partial charge in [-0.3, -0.25) is 4.79 Å². The van der Waals surface area contributed by atoms with Crippen LogP contribution in [0.25, 0.3) is 0 Å². The summed E-state index contributed by atoms with van der Waals surface area (Å²) in [6, 6.07) is 7.03. The number of rotatable bonds is 2. The number of benzene rings is 1. The minimum absolute atomic E-state index is 0.0528. The lowest BCUT2D eigenvalue weighted by molar-refractivity contribution is -0.133. The van der Waals surface area contributed by atoms with Gasteiger partial charge in [0.05, 0.1) is 5.25 Å². The predicted molar refractivity (Wildman–Crippen MR) is 93.6 cm³/mol. The van der Waals surface area contributed by atoms with Gasteiger partial charge in [0.15, 0.2) is 0 Å². The molecular formula is C16H19ClFNOS2. The normalized spacial score (nSPS) is 25.0. The molecule has 2 heterocycles. The fraction of sp³-hybridized carbons (Fsp3) is 0.562. The number of hydrogen-bond acceptors (Lipinski definition) is 3. The Hall–Kier alpha value is -0.390. The third-order valence-electron chi connectivity index (χ3n) is 4.30. The fourth-order valence-corrected chi connectivity index (χ4v) is 5.79. The van der Waals surface area contributed by atoms with Crippen LogP contribution < -0.4 is 0 Å². The zero-order valence-electron chi connectivity index (χ0n) is 12.3. The number of nitrogens with zero attached hydrogens (tertiary/aromatic N) is 1. The monoisotopic (exact) mass is 359 g/mol. The van der Waals surface area contributed by atoms with E-state index in [1.807, 2.05) is 16.7 Å². The van der Waals surface area contributed by atoms with Crippen molar-refractivity contribution in [2.75, 3.05) is 30.3 Å². The Morgan fingerprint density at radius 1 is 1.32 bits per heavy atom. The molecule has 0 saturated carbocycles. The Morgan fingerprint density at radius 2 is 2.09 bits per heavy atom. The summed E-state index contributed by atoms with van der Waals surface area (Å²) in [6.07, 6.45) is 0.702. The minimum Gasteiger partial charge on any atom is -0.341 e. The molecular weight excluding hydrogens is 341 g/mol. The molecule has 2 aliphatic heterocycles. The van der Waals surface area contributed by atoms with E-state index in [1.165, 1.54) is 0 Å². The molecule has 3 rings (SSSR count). The van der Waals surface area contributed by atoms with Crippen LogP contribution in [0.3, 0.4) is 0 Å². The van der Waals surface area contributed by atoms with E-state index >= 15 is 4.39 Å². The van der Waals surface area contributed by atoms with E-state index in [-0.39, 0.29) is 11.2 Å². The molecule has 2 nitrogen and oxygen atoms in total. The molecule has 2 saturated heterocycles. The number of amides is 1. The van der Waals surface area contributed by atoms with Crippen molar-refractivity contribution in [2.45, 2.75) is 23.8 Å². The summed E-state index contributed by atoms with van der Waals surface area (Å²) in [4.78, 5) is 14.3. The molecule has 0 N–H and O–H groups in total. The largest absolute Gasteiger partial charge is 0.341 e. The van der Waals surface area contributed by atoms with Crippen LogP contribution in [0.15, 0.2) is 24.3 Å². The predicted octanol–water partition coefficient (Wildman–Crippen LogP) is 3.98. The highest BCUT2D eigenvalue weighted by Gasteiger charge is 2.39. The molecule has 22 heavy (non-hydrogen) atoms. The lowest BCUT2D eigenvalue weighted by Crippen LogP contribution is -2.47. The van der Waals surface area contributed by atoms with Gasteiger partial charge >= 0.3 is 0 Å². The average molecular weight is 360 g/mol. The zero-order valence-corrected chi connectivity index (χ0v) is 14.7. The van der Waals surface area contributed by atoms with Gasteiger partial charge < -0.3 is 4.90 Å². The van der Waals surface area contributed by atoms with Gasteiger partial charge in [0.2, 0.25) is 5.91 Å². The Bertz CT molecular complexity index is 543. The first kappa shape index (κ1) is 16.5. The smallest absolute Gasteiger partial charge is 0.236 e. The third kappa shape index (κ3) is 3.57. The number of carbonyl (C=O) groups excluding carboxylic acids is 1. The molecule has 0 aromatic heterocycles. The van der Waals surface area contributed by atoms with Crippen molar-refractivity contribution in [3.05, 3.63) is 34.9 Å². The molecule has 2 aliphatic rings. The minimum atomic E-state index is -1.36. The van der Waals surface area contributed by atoms with Gasteiger partial charge in [0.25, 0.3) is 0 Å². The van der Waals surface area contributed by atoms with Gasteiger partial charge in [0, 0.05) is 48.2 Å². The Kier molecular flexibility index (Phi) is 5.25. The summed E-state index contributed by atoms with van der Waals surface area (Å²) >= 11 is 9.55. The van der Waals surface area contributed by atoms with Crippen molar-refractivity contribution in [3.8, 4) is 0 Å². The Morgan fingerprint density at radius 3 is 2.73 bits per heavy atom. The van der Waals surface area contributed by atoms with Crippen molar-refractivity contribution in [1.29, 1.82) is 0 Å². The first-order valence-electron chi connectivity index (χ1n) is 7.52. The van der Waals surface area contributed by atoms with Crippen molar-refractivity contribution < 1.29 is 9.18 Å². The van der Waals surface area contributed by atoms with E-state index in [0.29, 0.717) is 36.5 Å². The molecule has 0 bridgehead atoms. The molecule has 1 amide bonds. The van der Waals surface area contributed by atoms with Crippen LogP contribution in [0.4, 0.5) is 4.39 Å². The van der Waals surface area contributed by atoms with Crippen molar-refractivity contribution >= 4 is 41.0 Å². The zero-order chi connectivity index (χ0) is 15.6. The van der Waals surface area contributed by atoms with Crippen molar-refractivity contribution in [2.24, 2.45) is 0 Å². The SMILES string of the molecule is O=C([C@@H]1CSCCS1)N1CCC(F)(c2cccc(Cl)c2)CC1. The van der Waals surface area contributed by atoms with Gasteiger partial charge in [-0.1, -0.05) is 23.7 Å². The lowest BCUT2D eigenvalue weighted by Gasteiger charge is -2.38. The summed E-state index contributed by atoms with van der Waals surface area (Å²) < 4.78 is 15.2. The molecule has 2 fully saturated rings. The number of halogens is 2. The van der Waals surface area contributed by atoms with Gasteiger partial charge in [-0.25, -0.2) is 4.39 Å². The second-order valence-corrected chi connectivity index (χ2v) is 8.63. The average Bonchev–Trinajstić information content (AvgIpc) is 2.56. The summed E-state index contributed by atoms with van der Waals surface area (Å²) in [6.45, 7) is 0.979. The quantitative estimate of drug-likeness (QED) is 0.796. The van der Waals surface area contributed by atoms with E-state index < -0.39 is 5.67 Å². The molecule has 0 aliphatic carbocycles. The molecule has 6 heteroatoms. The van der Waals surface area contributed by atoms with E-state index in [1.54, 1.807) is 36.0 Å². The van der Waals surface area contributed by atoms with Crippen LogP contribution in [-0.2, 0) is 10.5 Å². The Labute approximate surface area is 144 Å². The highest BCUT2D eigenvalue weighted by atomic mass is 35.5. The van der Waals surface area contributed by atoms with E-state index in [2.05, 4.69) is 0 Å². The Balaban J connectivity index is 1.63. The van der Waals surface area contributed by atoms with E-state index in [9.17, 15) is 4.79 Å². The van der Waals surface area contributed by atoms with Gasteiger partial charge in [-0.05, 0) is 17.7 Å². The fourth-order valence-electron chi connectivity index (χ4n) is 2.97. The number of thioether (sulfide) groups is 2. The molecule has 1 aromatic carbocycles.